The molecule has 0 aliphatic heterocycles. The Labute approximate surface area is 150 Å². The number of benzene rings is 1. The van der Waals surface area contributed by atoms with Gasteiger partial charge in [-0.05, 0) is 32.0 Å². The van der Waals surface area contributed by atoms with E-state index in [9.17, 15) is 18.0 Å². The molecule has 0 aliphatic rings. The average Bonchev–Trinajstić information content (AvgIpc) is 2.93. The lowest BCUT2D eigenvalue weighted by molar-refractivity contribution is -0.137. The molecule has 0 saturated carbocycles. The molecule has 0 radical (unpaired) electrons. The van der Waals surface area contributed by atoms with Crippen LogP contribution in [0.5, 0.6) is 0 Å². The fourth-order valence-electron chi connectivity index (χ4n) is 2.24. The largest absolute Gasteiger partial charge is 0.416 e. The van der Waals surface area contributed by atoms with Gasteiger partial charge in [-0.15, -0.1) is 12.4 Å². The lowest BCUT2D eigenvalue weighted by Gasteiger charge is -2.23. The average molecular weight is 377 g/mol. The number of rotatable bonds is 4. The van der Waals surface area contributed by atoms with Crippen LogP contribution in [0.3, 0.4) is 0 Å². The van der Waals surface area contributed by atoms with Gasteiger partial charge in [-0.25, -0.2) is 4.68 Å². The molecule has 1 aromatic carbocycles. The van der Waals surface area contributed by atoms with Gasteiger partial charge in [-0.1, -0.05) is 6.07 Å². The first-order valence-electron chi connectivity index (χ1n) is 7.36. The predicted molar refractivity (Wildman–Crippen MR) is 91.2 cm³/mol. The Bertz CT molecular complexity index is 745. The highest BCUT2D eigenvalue weighted by Crippen LogP contribution is 2.30. The predicted octanol–water partition coefficient (Wildman–Crippen LogP) is 3.04. The van der Waals surface area contributed by atoms with E-state index in [4.69, 9.17) is 5.73 Å². The van der Waals surface area contributed by atoms with Crippen molar-refractivity contribution in [3.63, 3.8) is 0 Å². The van der Waals surface area contributed by atoms with Crippen molar-refractivity contribution in [3.05, 3.63) is 47.3 Å². The van der Waals surface area contributed by atoms with E-state index < -0.39 is 11.7 Å². The van der Waals surface area contributed by atoms with Crippen LogP contribution >= 0.6 is 12.4 Å². The molecular weight excluding hydrogens is 357 g/mol. The molecule has 9 heteroatoms. The molecular formula is C16H20ClF3N4O. The smallest absolute Gasteiger partial charge is 0.338 e. The Morgan fingerprint density at radius 2 is 2.04 bits per heavy atom. The first-order chi connectivity index (χ1) is 11.2. The summed E-state index contributed by atoms with van der Waals surface area (Å²) in [5.74, 6) is -0.274. The number of carbonyl (C=O) groups excluding carboxylic acids is 1. The van der Waals surface area contributed by atoms with Crippen molar-refractivity contribution in [2.45, 2.75) is 26.1 Å². The van der Waals surface area contributed by atoms with Crippen LogP contribution in [0.4, 0.5) is 13.2 Å². The third-order valence-corrected chi connectivity index (χ3v) is 3.98. The number of hydrogen-bond donors (Lipinski definition) is 1. The maximum absolute atomic E-state index is 12.8. The molecule has 2 rings (SSSR count). The summed E-state index contributed by atoms with van der Waals surface area (Å²) in [5, 5.41) is 4.07. The van der Waals surface area contributed by atoms with E-state index in [-0.39, 0.29) is 30.0 Å². The normalized spacial score (nSPS) is 12.4. The minimum absolute atomic E-state index is 0. The van der Waals surface area contributed by atoms with Crippen LogP contribution in [0.15, 0.2) is 30.5 Å². The zero-order valence-electron chi connectivity index (χ0n) is 14.0. The molecule has 0 bridgehead atoms. The maximum Gasteiger partial charge on any atom is 0.416 e. The fraction of sp³-hybridized carbons (Fsp3) is 0.375. The SMILES string of the molecule is Cc1c(C(=O)N(C)C(C)CN)cnn1-c1cccc(C(F)(F)F)c1.Cl. The molecule has 2 N–H and O–H groups in total. The zero-order chi connectivity index (χ0) is 18.1. The summed E-state index contributed by atoms with van der Waals surface area (Å²) in [6.45, 7) is 3.76. The first kappa shape index (κ1) is 21.0. The van der Waals surface area contributed by atoms with Gasteiger partial charge in [-0.3, -0.25) is 4.79 Å². The molecule has 1 unspecified atom stereocenters. The summed E-state index contributed by atoms with van der Waals surface area (Å²) in [5.41, 5.74) is 5.84. The molecule has 2 aromatic rings. The van der Waals surface area contributed by atoms with Crippen LogP contribution in [-0.4, -0.2) is 40.2 Å². The zero-order valence-corrected chi connectivity index (χ0v) is 14.9. The van der Waals surface area contributed by atoms with E-state index in [0.717, 1.165) is 12.1 Å². The third-order valence-electron chi connectivity index (χ3n) is 3.98. The van der Waals surface area contributed by atoms with Crippen LogP contribution in [0, 0.1) is 6.92 Å². The van der Waals surface area contributed by atoms with Gasteiger partial charge in [0, 0.05) is 19.6 Å². The third kappa shape index (κ3) is 4.32. The van der Waals surface area contributed by atoms with Gasteiger partial charge in [0.1, 0.15) is 0 Å². The first-order valence-corrected chi connectivity index (χ1v) is 7.36. The molecule has 1 heterocycles. The van der Waals surface area contributed by atoms with Crippen molar-refractivity contribution in [3.8, 4) is 5.69 Å². The maximum atomic E-state index is 12.8. The van der Waals surface area contributed by atoms with E-state index >= 15 is 0 Å². The Balaban J connectivity index is 0.00000312. The van der Waals surface area contributed by atoms with Crippen LogP contribution in [-0.2, 0) is 6.18 Å². The second-order valence-electron chi connectivity index (χ2n) is 5.60. The molecule has 0 spiro atoms. The van der Waals surface area contributed by atoms with Gasteiger partial charge < -0.3 is 10.6 Å². The van der Waals surface area contributed by atoms with Crippen LogP contribution in [0.25, 0.3) is 5.69 Å². The number of carbonyl (C=O) groups is 1. The summed E-state index contributed by atoms with van der Waals surface area (Å²) >= 11 is 0. The van der Waals surface area contributed by atoms with Crippen molar-refractivity contribution >= 4 is 18.3 Å². The molecule has 138 valence electrons. The molecule has 1 atom stereocenters. The van der Waals surface area contributed by atoms with Crippen molar-refractivity contribution in [1.29, 1.82) is 0 Å². The van der Waals surface area contributed by atoms with E-state index in [1.54, 1.807) is 14.0 Å². The lowest BCUT2D eigenvalue weighted by Crippen LogP contribution is -2.39. The highest BCUT2D eigenvalue weighted by Gasteiger charge is 2.31. The summed E-state index contributed by atoms with van der Waals surface area (Å²) < 4.78 is 39.9. The van der Waals surface area contributed by atoms with Gasteiger partial charge in [-0.2, -0.15) is 18.3 Å². The second-order valence-corrected chi connectivity index (χ2v) is 5.60. The Kier molecular flexibility index (Phi) is 6.61. The molecule has 1 aromatic heterocycles. The highest BCUT2D eigenvalue weighted by atomic mass is 35.5. The number of likely N-dealkylation sites (N-methyl/N-ethyl adjacent to an activating group) is 1. The van der Waals surface area contributed by atoms with Crippen molar-refractivity contribution in [1.82, 2.24) is 14.7 Å². The topological polar surface area (TPSA) is 64.2 Å². The van der Waals surface area contributed by atoms with Gasteiger partial charge >= 0.3 is 6.18 Å². The van der Waals surface area contributed by atoms with Gasteiger partial charge in [0.15, 0.2) is 0 Å². The molecule has 0 aliphatic carbocycles. The van der Waals surface area contributed by atoms with E-state index in [1.807, 2.05) is 6.92 Å². The second kappa shape index (κ2) is 7.88. The van der Waals surface area contributed by atoms with Crippen molar-refractivity contribution < 1.29 is 18.0 Å². The van der Waals surface area contributed by atoms with Crippen LogP contribution in [0.1, 0.15) is 28.5 Å². The quantitative estimate of drug-likeness (QED) is 0.892. The summed E-state index contributed by atoms with van der Waals surface area (Å²) in [7, 11) is 1.63. The summed E-state index contributed by atoms with van der Waals surface area (Å²) in [4.78, 5) is 14.0. The number of amides is 1. The van der Waals surface area contributed by atoms with Gasteiger partial charge in [0.2, 0.25) is 0 Å². The molecule has 0 saturated heterocycles. The number of halogens is 4. The Morgan fingerprint density at radius 3 is 2.60 bits per heavy atom. The fourth-order valence-corrected chi connectivity index (χ4v) is 2.24. The van der Waals surface area contributed by atoms with Gasteiger partial charge in [0.05, 0.1) is 28.7 Å². The van der Waals surface area contributed by atoms with Gasteiger partial charge in [0.25, 0.3) is 5.91 Å². The molecule has 25 heavy (non-hydrogen) atoms. The number of aromatic nitrogens is 2. The number of nitrogens with two attached hydrogens (primary N) is 1. The Morgan fingerprint density at radius 1 is 1.40 bits per heavy atom. The minimum Gasteiger partial charge on any atom is -0.338 e. The minimum atomic E-state index is -4.44. The molecule has 1 amide bonds. The Hall–Kier alpha value is -2.06. The van der Waals surface area contributed by atoms with Crippen LogP contribution < -0.4 is 5.73 Å². The van der Waals surface area contributed by atoms with E-state index in [2.05, 4.69) is 5.10 Å². The number of alkyl halides is 3. The summed E-state index contributed by atoms with van der Waals surface area (Å²) in [6, 6.07) is 4.65. The standard InChI is InChI=1S/C16H19F3N4O.ClH/c1-10(8-20)22(3)15(24)14-9-21-23(11(14)2)13-6-4-5-12(7-13)16(17,18)19;/h4-7,9-10H,8,20H2,1-3H3;1H. The van der Waals surface area contributed by atoms with E-state index in [0.29, 0.717) is 17.8 Å². The lowest BCUT2D eigenvalue weighted by atomic mass is 10.1. The van der Waals surface area contributed by atoms with E-state index in [1.165, 1.54) is 27.9 Å². The molecule has 5 nitrogen and oxygen atoms in total. The number of nitrogens with zero attached hydrogens (tertiary/aromatic N) is 3. The molecule has 0 fully saturated rings. The highest BCUT2D eigenvalue weighted by molar-refractivity contribution is 5.95. The summed E-state index contributed by atoms with van der Waals surface area (Å²) in [6.07, 6.45) is -3.08. The van der Waals surface area contributed by atoms with Crippen molar-refractivity contribution in [2.75, 3.05) is 13.6 Å². The number of hydrogen-bond acceptors (Lipinski definition) is 3. The van der Waals surface area contributed by atoms with Crippen molar-refractivity contribution in [2.24, 2.45) is 5.73 Å². The van der Waals surface area contributed by atoms with Crippen LogP contribution in [0.2, 0.25) is 0 Å². The monoisotopic (exact) mass is 376 g/mol.